The number of fused-ring (bicyclic) bond motifs is 1. The van der Waals surface area contributed by atoms with Gasteiger partial charge in [0.1, 0.15) is 11.3 Å². The third-order valence-electron chi connectivity index (χ3n) is 2.85. The number of hydrogen-bond acceptors (Lipinski definition) is 3. The van der Waals surface area contributed by atoms with Crippen molar-refractivity contribution < 1.29 is 4.74 Å². The summed E-state index contributed by atoms with van der Waals surface area (Å²) >= 11 is 0. The highest BCUT2D eigenvalue weighted by molar-refractivity contribution is 5.85. The van der Waals surface area contributed by atoms with Gasteiger partial charge < -0.3 is 10.5 Å². The molecule has 0 aliphatic heterocycles. The first-order chi connectivity index (χ1) is 8.61. The van der Waals surface area contributed by atoms with E-state index in [2.05, 4.69) is 19.1 Å². The first kappa shape index (κ1) is 12.8. The normalized spacial score (nSPS) is 11.2. The molecule has 1 aromatic carbocycles. The number of hydrogen-bond donors (Lipinski definition) is 1. The zero-order chi connectivity index (χ0) is 13.1. The van der Waals surface area contributed by atoms with Crippen LogP contribution in [0.4, 0.5) is 0 Å². The van der Waals surface area contributed by atoms with E-state index < -0.39 is 0 Å². The maximum atomic E-state index is 5.81. The van der Waals surface area contributed by atoms with Crippen LogP contribution < -0.4 is 10.5 Å². The molecule has 0 atom stereocenters. The van der Waals surface area contributed by atoms with Crippen LogP contribution in [0.15, 0.2) is 24.3 Å². The Morgan fingerprint density at radius 3 is 2.78 bits per heavy atom. The van der Waals surface area contributed by atoms with Crippen molar-refractivity contribution in [1.29, 1.82) is 0 Å². The van der Waals surface area contributed by atoms with Crippen molar-refractivity contribution in [2.75, 3.05) is 6.54 Å². The summed E-state index contributed by atoms with van der Waals surface area (Å²) < 4.78 is 5.81. The number of benzene rings is 1. The molecule has 0 saturated carbocycles. The van der Waals surface area contributed by atoms with Crippen LogP contribution in [0.1, 0.15) is 25.1 Å². The molecule has 1 heterocycles. The fraction of sp³-hybridized carbons (Fsp3) is 0.400. The Morgan fingerprint density at radius 2 is 2.11 bits per heavy atom. The minimum absolute atomic E-state index is 0.150. The maximum Gasteiger partial charge on any atom is 0.145 e. The molecule has 3 heteroatoms. The molecule has 2 aromatic rings. The number of rotatable bonds is 4. The summed E-state index contributed by atoms with van der Waals surface area (Å²) in [5.74, 6) is 0.848. The number of nitrogens with zero attached hydrogens (tertiary/aromatic N) is 1. The third-order valence-corrected chi connectivity index (χ3v) is 2.85. The predicted molar refractivity (Wildman–Crippen MR) is 75.0 cm³/mol. The second-order valence-electron chi connectivity index (χ2n) is 4.79. The maximum absolute atomic E-state index is 5.81. The molecule has 0 amide bonds. The van der Waals surface area contributed by atoms with Crippen molar-refractivity contribution >= 4 is 10.9 Å². The van der Waals surface area contributed by atoms with Gasteiger partial charge in [0.2, 0.25) is 0 Å². The smallest absolute Gasteiger partial charge is 0.145 e. The lowest BCUT2D eigenvalue weighted by Gasteiger charge is -2.13. The van der Waals surface area contributed by atoms with Crippen molar-refractivity contribution in [2.45, 2.75) is 33.3 Å². The minimum atomic E-state index is 0.150. The molecule has 0 radical (unpaired) electrons. The number of pyridine rings is 1. The molecule has 96 valence electrons. The molecule has 0 aliphatic carbocycles. The lowest BCUT2D eigenvalue weighted by Crippen LogP contribution is -2.08. The second-order valence-corrected chi connectivity index (χ2v) is 4.79. The summed E-state index contributed by atoms with van der Waals surface area (Å²) in [6.07, 6.45) is 0.953. The fourth-order valence-electron chi connectivity index (χ4n) is 2.05. The molecule has 0 bridgehead atoms. The zero-order valence-corrected chi connectivity index (χ0v) is 11.2. The molecule has 0 aliphatic rings. The van der Waals surface area contributed by atoms with E-state index in [1.165, 1.54) is 5.56 Å². The largest absolute Gasteiger partial charge is 0.489 e. The van der Waals surface area contributed by atoms with Crippen LogP contribution in [-0.2, 0) is 6.42 Å². The van der Waals surface area contributed by atoms with Gasteiger partial charge >= 0.3 is 0 Å². The van der Waals surface area contributed by atoms with Crippen LogP contribution in [0, 0.1) is 6.92 Å². The number of para-hydroxylation sites is 1. The third kappa shape index (κ3) is 2.62. The average molecular weight is 244 g/mol. The van der Waals surface area contributed by atoms with Gasteiger partial charge in [0.05, 0.1) is 6.10 Å². The van der Waals surface area contributed by atoms with E-state index in [1.807, 2.05) is 26.0 Å². The monoisotopic (exact) mass is 244 g/mol. The van der Waals surface area contributed by atoms with Gasteiger partial charge in [0.25, 0.3) is 0 Å². The Bertz CT molecular complexity index is 549. The highest BCUT2D eigenvalue weighted by Crippen LogP contribution is 2.26. The van der Waals surface area contributed by atoms with E-state index >= 15 is 0 Å². The minimum Gasteiger partial charge on any atom is -0.489 e. The Labute approximate surface area is 108 Å². The van der Waals surface area contributed by atoms with Gasteiger partial charge in [-0.1, -0.05) is 12.1 Å². The SMILES string of the molecule is Cc1cc2cccc(OC(C)C)c2nc1CCN. The standard InChI is InChI=1S/C15H20N2O/c1-10(2)18-14-6-4-5-12-9-11(3)13(7-8-16)17-15(12)14/h4-6,9-10H,7-8,16H2,1-3H3. The van der Waals surface area contributed by atoms with E-state index in [-0.39, 0.29) is 6.10 Å². The molecule has 2 N–H and O–H groups in total. The Balaban J connectivity index is 2.55. The summed E-state index contributed by atoms with van der Waals surface area (Å²) in [7, 11) is 0. The molecule has 1 aromatic heterocycles. The molecule has 0 spiro atoms. The fourth-order valence-corrected chi connectivity index (χ4v) is 2.05. The van der Waals surface area contributed by atoms with Gasteiger partial charge in [-0.2, -0.15) is 0 Å². The van der Waals surface area contributed by atoms with Crippen molar-refractivity contribution in [1.82, 2.24) is 4.98 Å². The zero-order valence-electron chi connectivity index (χ0n) is 11.2. The highest BCUT2D eigenvalue weighted by Gasteiger charge is 2.08. The number of aryl methyl sites for hydroxylation is 1. The van der Waals surface area contributed by atoms with E-state index in [9.17, 15) is 0 Å². The Hall–Kier alpha value is -1.61. The van der Waals surface area contributed by atoms with Crippen LogP contribution >= 0.6 is 0 Å². The molecule has 0 saturated heterocycles. The number of nitrogens with two attached hydrogens (primary N) is 1. The molecular weight excluding hydrogens is 224 g/mol. The Kier molecular flexibility index (Phi) is 3.82. The first-order valence-electron chi connectivity index (χ1n) is 6.37. The lowest BCUT2D eigenvalue weighted by molar-refractivity contribution is 0.245. The summed E-state index contributed by atoms with van der Waals surface area (Å²) in [5, 5.41) is 1.12. The van der Waals surface area contributed by atoms with Gasteiger partial charge in [-0.15, -0.1) is 0 Å². The molecule has 18 heavy (non-hydrogen) atoms. The predicted octanol–water partition coefficient (Wildman–Crippen LogP) is 2.83. The van der Waals surface area contributed by atoms with Crippen molar-refractivity contribution in [2.24, 2.45) is 5.73 Å². The van der Waals surface area contributed by atoms with Crippen LogP contribution in [0.5, 0.6) is 5.75 Å². The van der Waals surface area contributed by atoms with Crippen molar-refractivity contribution in [3.63, 3.8) is 0 Å². The average Bonchev–Trinajstić information content (AvgIpc) is 2.30. The summed E-state index contributed by atoms with van der Waals surface area (Å²) in [6.45, 7) is 6.74. The van der Waals surface area contributed by atoms with Crippen LogP contribution in [-0.4, -0.2) is 17.6 Å². The quantitative estimate of drug-likeness (QED) is 0.899. The van der Waals surface area contributed by atoms with E-state index in [4.69, 9.17) is 15.5 Å². The summed E-state index contributed by atoms with van der Waals surface area (Å²) in [4.78, 5) is 4.71. The summed E-state index contributed by atoms with van der Waals surface area (Å²) in [6, 6.07) is 8.19. The van der Waals surface area contributed by atoms with E-state index in [1.54, 1.807) is 0 Å². The van der Waals surface area contributed by atoms with E-state index in [0.717, 1.165) is 28.8 Å². The molecule has 0 fully saturated rings. The number of aromatic nitrogens is 1. The van der Waals surface area contributed by atoms with Gasteiger partial charge in [-0.25, -0.2) is 4.98 Å². The van der Waals surface area contributed by atoms with E-state index in [0.29, 0.717) is 6.54 Å². The lowest BCUT2D eigenvalue weighted by atomic mass is 10.1. The van der Waals surface area contributed by atoms with Crippen LogP contribution in [0.3, 0.4) is 0 Å². The topological polar surface area (TPSA) is 48.1 Å². The molecule has 0 unspecified atom stereocenters. The number of ether oxygens (including phenoxy) is 1. The highest BCUT2D eigenvalue weighted by atomic mass is 16.5. The van der Waals surface area contributed by atoms with Crippen molar-refractivity contribution in [3.05, 3.63) is 35.5 Å². The van der Waals surface area contributed by atoms with Crippen LogP contribution in [0.25, 0.3) is 10.9 Å². The Morgan fingerprint density at radius 1 is 1.33 bits per heavy atom. The second kappa shape index (κ2) is 5.36. The summed E-state index contributed by atoms with van der Waals surface area (Å²) in [5.41, 5.74) is 8.80. The van der Waals surface area contributed by atoms with Crippen molar-refractivity contribution in [3.8, 4) is 5.75 Å². The van der Waals surface area contributed by atoms with Gasteiger partial charge in [-0.05, 0) is 45.0 Å². The van der Waals surface area contributed by atoms with Gasteiger partial charge in [0, 0.05) is 17.5 Å². The molecule has 3 nitrogen and oxygen atoms in total. The van der Waals surface area contributed by atoms with Crippen LogP contribution in [0.2, 0.25) is 0 Å². The molecule has 2 rings (SSSR count). The first-order valence-corrected chi connectivity index (χ1v) is 6.37. The van der Waals surface area contributed by atoms with Gasteiger partial charge in [0.15, 0.2) is 0 Å². The molecular formula is C15H20N2O. The van der Waals surface area contributed by atoms with Gasteiger partial charge in [-0.3, -0.25) is 0 Å².